The summed E-state index contributed by atoms with van der Waals surface area (Å²) in [5.74, 6) is 0.816. The predicted octanol–water partition coefficient (Wildman–Crippen LogP) is 1.88. The molecule has 0 bridgehead atoms. The van der Waals surface area contributed by atoms with E-state index in [1.165, 1.54) is 6.07 Å². The largest absolute Gasteiger partial charge is 0.349 e. The number of carbonyl (C=O) groups excluding carboxylic acids is 1. The Morgan fingerprint density at radius 3 is 2.83 bits per heavy atom. The van der Waals surface area contributed by atoms with E-state index in [-0.39, 0.29) is 11.6 Å². The number of nitrogens with zero attached hydrogens (tertiary/aromatic N) is 1. The molecular weight excluding hydrogens is 239 g/mol. The molecule has 5 nitrogen and oxygen atoms in total. The molecule has 1 N–H and O–H groups in total. The Bertz CT molecular complexity index is 523. The van der Waals surface area contributed by atoms with Gasteiger partial charge in [-0.05, 0) is 19.1 Å². The molecule has 0 saturated heterocycles. The van der Waals surface area contributed by atoms with Crippen LogP contribution in [0.5, 0.6) is 0 Å². The van der Waals surface area contributed by atoms with Crippen LogP contribution in [0.2, 0.25) is 0 Å². The summed E-state index contributed by atoms with van der Waals surface area (Å²) >= 11 is 0. The standard InChI is InChI=1S/C12H11FN2O3/c1-3-4-8(2)14-12(16)9-5-6-11(15(17)18)10(13)7-9/h1,5-8H,4H2,2H3,(H,14,16). The topological polar surface area (TPSA) is 72.2 Å². The summed E-state index contributed by atoms with van der Waals surface area (Å²) in [4.78, 5) is 21.2. The second-order valence-corrected chi connectivity index (χ2v) is 3.71. The van der Waals surface area contributed by atoms with Gasteiger partial charge in [-0.25, -0.2) is 0 Å². The molecule has 1 unspecified atom stereocenters. The van der Waals surface area contributed by atoms with Crippen LogP contribution in [0.4, 0.5) is 10.1 Å². The van der Waals surface area contributed by atoms with Gasteiger partial charge in [0.2, 0.25) is 5.82 Å². The minimum absolute atomic E-state index is 0.0157. The Hall–Kier alpha value is -2.42. The van der Waals surface area contributed by atoms with Gasteiger partial charge in [-0.15, -0.1) is 12.3 Å². The second kappa shape index (κ2) is 5.77. The van der Waals surface area contributed by atoms with Crippen molar-refractivity contribution in [3.05, 3.63) is 39.7 Å². The van der Waals surface area contributed by atoms with Crippen LogP contribution in [0.3, 0.4) is 0 Å². The molecule has 1 aromatic rings. The third kappa shape index (κ3) is 3.28. The summed E-state index contributed by atoms with van der Waals surface area (Å²) in [6.07, 6.45) is 5.43. The van der Waals surface area contributed by atoms with Crippen molar-refractivity contribution in [2.24, 2.45) is 0 Å². The highest BCUT2D eigenvalue weighted by Gasteiger charge is 2.17. The number of nitro groups is 1. The number of amides is 1. The zero-order valence-electron chi connectivity index (χ0n) is 9.64. The highest BCUT2D eigenvalue weighted by atomic mass is 19.1. The molecule has 0 spiro atoms. The highest BCUT2D eigenvalue weighted by Crippen LogP contribution is 2.17. The van der Waals surface area contributed by atoms with E-state index in [0.717, 1.165) is 12.1 Å². The van der Waals surface area contributed by atoms with Gasteiger partial charge in [0.15, 0.2) is 0 Å². The van der Waals surface area contributed by atoms with Gasteiger partial charge in [-0.2, -0.15) is 4.39 Å². The molecule has 0 aromatic heterocycles. The van der Waals surface area contributed by atoms with Crippen molar-refractivity contribution in [1.29, 1.82) is 0 Å². The van der Waals surface area contributed by atoms with Crippen molar-refractivity contribution in [3.63, 3.8) is 0 Å². The number of nitro benzene ring substituents is 1. The molecule has 0 aliphatic heterocycles. The van der Waals surface area contributed by atoms with Crippen LogP contribution in [0.15, 0.2) is 18.2 Å². The summed E-state index contributed by atoms with van der Waals surface area (Å²) in [6.45, 7) is 1.71. The lowest BCUT2D eigenvalue weighted by atomic mass is 10.1. The van der Waals surface area contributed by atoms with Crippen LogP contribution in [-0.2, 0) is 0 Å². The zero-order valence-corrected chi connectivity index (χ0v) is 9.64. The van der Waals surface area contributed by atoms with Crippen molar-refractivity contribution in [1.82, 2.24) is 5.32 Å². The second-order valence-electron chi connectivity index (χ2n) is 3.71. The first-order valence-electron chi connectivity index (χ1n) is 5.14. The van der Waals surface area contributed by atoms with Gasteiger partial charge in [0, 0.05) is 24.1 Å². The van der Waals surface area contributed by atoms with Crippen LogP contribution in [0.25, 0.3) is 0 Å². The van der Waals surface area contributed by atoms with Gasteiger partial charge in [0.25, 0.3) is 5.91 Å². The number of halogens is 1. The van der Waals surface area contributed by atoms with Crippen molar-refractivity contribution >= 4 is 11.6 Å². The molecule has 1 rings (SSSR count). The van der Waals surface area contributed by atoms with Crippen LogP contribution in [-0.4, -0.2) is 16.9 Å². The van der Waals surface area contributed by atoms with E-state index in [9.17, 15) is 19.3 Å². The van der Waals surface area contributed by atoms with Crippen molar-refractivity contribution in [2.45, 2.75) is 19.4 Å². The summed E-state index contributed by atoms with van der Waals surface area (Å²) < 4.78 is 13.3. The zero-order chi connectivity index (χ0) is 13.7. The summed E-state index contributed by atoms with van der Waals surface area (Å²) in [7, 11) is 0. The van der Waals surface area contributed by atoms with Gasteiger partial charge in [0.05, 0.1) is 4.92 Å². The molecule has 94 valence electrons. The van der Waals surface area contributed by atoms with Crippen LogP contribution >= 0.6 is 0 Å². The van der Waals surface area contributed by atoms with E-state index < -0.39 is 22.3 Å². The molecule has 0 aliphatic rings. The Balaban J connectivity index is 2.85. The third-order valence-electron chi connectivity index (χ3n) is 2.21. The fraction of sp³-hybridized carbons (Fsp3) is 0.250. The monoisotopic (exact) mass is 250 g/mol. The number of benzene rings is 1. The maximum Gasteiger partial charge on any atom is 0.304 e. The summed E-state index contributed by atoms with van der Waals surface area (Å²) in [5, 5.41) is 13.0. The van der Waals surface area contributed by atoms with E-state index in [4.69, 9.17) is 6.42 Å². The molecule has 0 heterocycles. The Kier molecular flexibility index (Phi) is 4.38. The molecule has 0 fully saturated rings. The SMILES string of the molecule is C#CCC(C)NC(=O)c1ccc([N+](=O)[O-])c(F)c1. The van der Waals surface area contributed by atoms with E-state index in [1.807, 2.05) is 0 Å². The van der Waals surface area contributed by atoms with E-state index in [1.54, 1.807) is 6.92 Å². The molecule has 18 heavy (non-hydrogen) atoms. The molecule has 0 radical (unpaired) electrons. The molecule has 1 amide bonds. The normalized spacial score (nSPS) is 11.4. The molecule has 6 heteroatoms. The number of rotatable bonds is 4. The average Bonchev–Trinajstić information content (AvgIpc) is 2.28. The first-order valence-corrected chi connectivity index (χ1v) is 5.14. The Labute approximate surface area is 103 Å². The van der Waals surface area contributed by atoms with Crippen molar-refractivity contribution < 1.29 is 14.1 Å². The van der Waals surface area contributed by atoms with Crippen LogP contribution in [0.1, 0.15) is 23.7 Å². The van der Waals surface area contributed by atoms with Gasteiger partial charge in [0.1, 0.15) is 0 Å². The highest BCUT2D eigenvalue weighted by molar-refractivity contribution is 5.94. The first kappa shape index (κ1) is 13.6. The first-order chi connectivity index (χ1) is 8.45. The fourth-order valence-corrected chi connectivity index (χ4v) is 1.33. The van der Waals surface area contributed by atoms with E-state index in [2.05, 4.69) is 11.2 Å². The van der Waals surface area contributed by atoms with Gasteiger partial charge in [-0.1, -0.05) is 0 Å². The maximum absolute atomic E-state index is 13.3. The number of terminal acetylenes is 1. The van der Waals surface area contributed by atoms with E-state index >= 15 is 0 Å². The predicted molar refractivity (Wildman–Crippen MR) is 63.4 cm³/mol. The Morgan fingerprint density at radius 1 is 1.67 bits per heavy atom. The molecule has 1 atom stereocenters. The van der Waals surface area contributed by atoms with Crippen molar-refractivity contribution in [2.75, 3.05) is 0 Å². The number of nitrogens with one attached hydrogen (secondary N) is 1. The number of hydrogen-bond acceptors (Lipinski definition) is 3. The quantitative estimate of drug-likeness (QED) is 0.503. The minimum atomic E-state index is -1.04. The van der Waals surface area contributed by atoms with Gasteiger partial charge >= 0.3 is 5.69 Å². The van der Waals surface area contributed by atoms with Crippen molar-refractivity contribution in [3.8, 4) is 12.3 Å². The molecular formula is C12H11FN2O3. The van der Waals surface area contributed by atoms with Crippen LogP contribution < -0.4 is 5.32 Å². The maximum atomic E-state index is 13.3. The molecule has 0 saturated carbocycles. The minimum Gasteiger partial charge on any atom is -0.349 e. The van der Waals surface area contributed by atoms with Gasteiger partial charge in [-0.3, -0.25) is 14.9 Å². The lowest BCUT2D eigenvalue weighted by Crippen LogP contribution is -2.32. The smallest absolute Gasteiger partial charge is 0.304 e. The molecule has 0 aliphatic carbocycles. The third-order valence-corrected chi connectivity index (χ3v) is 2.21. The van der Waals surface area contributed by atoms with E-state index in [0.29, 0.717) is 6.42 Å². The number of carbonyl (C=O) groups is 1. The van der Waals surface area contributed by atoms with Crippen LogP contribution in [0, 0.1) is 28.3 Å². The Morgan fingerprint density at radius 2 is 2.33 bits per heavy atom. The number of hydrogen-bond donors (Lipinski definition) is 1. The lowest BCUT2D eigenvalue weighted by Gasteiger charge is -2.10. The summed E-state index contributed by atoms with van der Waals surface area (Å²) in [6, 6.07) is 2.73. The van der Waals surface area contributed by atoms with Gasteiger partial charge < -0.3 is 5.32 Å². The molecule has 1 aromatic carbocycles. The summed E-state index contributed by atoms with van der Waals surface area (Å²) in [5.41, 5.74) is -0.648. The lowest BCUT2D eigenvalue weighted by molar-refractivity contribution is -0.387. The fourth-order valence-electron chi connectivity index (χ4n) is 1.33. The average molecular weight is 250 g/mol.